The quantitative estimate of drug-likeness (QED) is 0.242. The van der Waals surface area contributed by atoms with Crippen LogP contribution in [0.1, 0.15) is 77.6 Å². The van der Waals surface area contributed by atoms with Gasteiger partial charge in [-0.1, -0.05) is 54.5 Å². The average molecular weight is 621 g/mol. The lowest BCUT2D eigenvalue weighted by Gasteiger charge is -2.35. The van der Waals surface area contributed by atoms with Crippen molar-refractivity contribution >= 4 is 29.8 Å². The normalized spacial score (nSPS) is 13.3. The molecule has 11 heteroatoms. The maximum Gasteiger partial charge on any atom is 0.408 e. The van der Waals surface area contributed by atoms with Crippen molar-refractivity contribution in [3.63, 3.8) is 0 Å². The van der Waals surface area contributed by atoms with Crippen LogP contribution in [-0.2, 0) is 35.1 Å². The molecule has 0 fully saturated rings. The van der Waals surface area contributed by atoms with E-state index in [1.807, 2.05) is 30.3 Å². The number of hydrogen-bond donors (Lipinski definition) is 3. The summed E-state index contributed by atoms with van der Waals surface area (Å²) in [6.45, 7) is 11.7. The summed E-state index contributed by atoms with van der Waals surface area (Å²) in [7, 11) is 0. The second kappa shape index (κ2) is 15.7. The molecule has 45 heavy (non-hydrogen) atoms. The van der Waals surface area contributed by atoms with Crippen molar-refractivity contribution in [3.8, 4) is 12.3 Å². The van der Waals surface area contributed by atoms with Crippen LogP contribution in [0.5, 0.6) is 0 Å². The Morgan fingerprint density at radius 3 is 1.98 bits per heavy atom. The van der Waals surface area contributed by atoms with E-state index < -0.39 is 65.5 Å². The first-order chi connectivity index (χ1) is 21.0. The first-order valence-electron chi connectivity index (χ1n) is 14.7. The van der Waals surface area contributed by atoms with Crippen LogP contribution in [0.25, 0.3) is 0 Å². The number of nitrogens with one attached hydrogen (secondary N) is 2. The molecule has 0 aliphatic heterocycles. The third-order valence-electron chi connectivity index (χ3n) is 6.28. The smallest absolute Gasteiger partial charge is 0.408 e. The van der Waals surface area contributed by atoms with Crippen molar-refractivity contribution in [1.29, 1.82) is 0 Å². The zero-order chi connectivity index (χ0) is 33.9. The minimum Gasteiger partial charge on any atom is -0.458 e. The summed E-state index contributed by atoms with van der Waals surface area (Å²) in [5, 5.41) is 5.19. The van der Waals surface area contributed by atoms with E-state index in [0.717, 1.165) is 5.56 Å². The average Bonchev–Trinajstić information content (AvgIpc) is 2.93. The van der Waals surface area contributed by atoms with Crippen molar-refractivity contribution in [2.24, 2.45) is 5.73 Å². The zero-order valence-corrected chi connectivity index (χ0v) is 27.0. The SMILES string of the molecule is C#Cc1ccccc1C(C(=O)NC(Cc1ccccc1)C(=O)OC(C)(C)C)N(CC)C(=O)C(CC(N)=O)NC(=O)OC(C)(C)C. The molecule has 2 aromatic rings. The summed E-state index contributed by atoms with van der Waals surface area (Å²) in [5.74, 6) is -0.504. The molecule has 0 radical (unpaired) electrons. The molecule has 0 saturated heterocycles. The standard InChI is InChI=1S/C34H44N4O7/c1-9-23-18-14-15-19-24(23)28(38(10-2)30(41)25(21-27(35)39)37-32(43)45-34(6,7)8)29(40)36-26(31(42)44-33(3,4)5)20-22-16-12-11-13-17-22/h1,11-19,25-26,28H,10,20-21H2,2-8H3,(H2,35,39)(H,36,40)(H,37,43). The van der Waals surface area contributed by atoms with Crippen molar-refractivity contribution in [3.05, 3.63) is 71.3 Å². The molecule has 3 atom stereocenters. The van der Waals surface area contributed by atoms with Crippen LogP contribution in [0.15, 0.2) is 54.6 Å². The van der Waals surface area contributed by atoms with Crippen LogP contribution in [0.2, 0.25) is 0 Å². The Bertz CT molecular complexity index is 1400. The monoisotopic (exact) mass is 620 g/mol. The summed E-state index contributed by atoms with van der Waals surface area (Å²) in [6.07, 6.45) is 4.38. The molecule has 0 spiro atoms. The number of terminal acetylenes is 1. The molecule has 0 bridgehead atoms. The van der Waals surface area contributed by atoms with Gasteiger partial charge in [0.15, 0.2) is 0 Å². The van der Waals surface area contributed by atoms with Crippen LogP contribution in [0, 0.1) is 12.3 Å². The number of nitrogens with two attached hydrogens (primary N) is 1. The van der Waals surface area contributed by atoms with E-state index in [0.29, 0.717) is 11.1 Å². The number of hydrogen-bond acceptors (Lipinski definition) is 7. The molecule has 0 aromatic heterocycles. The van der Waals surface area contributed by atoms with Crippen molar-refractivity contribution < 1.29 is 33.4 Å². The highest BCUT2D eigenvalue weighted by molar-refractivity contribution is 5.96. The largest absolute Gasteiger partial charge is 0.458 e. The predicted octanol–water partition coefficient (Wildman–Crippen LogP) is 3.40. The van der Waals surface area contributed by atoms with Gasteiger partial charge in [0.2, 0.25) is 17.7 Å². The van der Waals surface area contributed by atoms with Gasteiger partial charge in [0.25, 0.3) is 0 Å². The first-order valence-corrected chi connectivity index (χ1v) is 14.7. The summed E-state index contributed by atoms with van der Waals surface area (Å²) in [5.41, 5.74) is 5.09. The van der Waals surface area contributed by atoms with E-state index in [-0.39, 0.29) is 13.0 Å². The summed E-state index contributed by atoms with van der Waals surface area (Å²) < 4.78 is 10.9. The minimum absolute atomic E-state index is 0.0448. The summed E-state index contributed by atoms with van der Waals surface area (Å²) >= 11 is 0. The van der Waals surface area contributed by atoms with E-state index in [1.165, 1.54) is 4.90 Å². The number of ether oxygens (including phenoxy) is 2. The number of nitrogens with zero attached hydrogens (tertiary/aromatic N) is 1. The van der Waals surface area contributed by atoms with Crippen LogP contribution >= 0.6 is 0 Å². The molecular formula is C34H44N4O7. The summed E-state index contributed by atoms with van der Waals surface area (Å²) in [4.78, 5) is 67.4. The fourth-order valence-corrected chi connectivity index (χ4v) is 4.50. The van der Waals surface area contributed by atoms with Gasteiger partial charge in [-0.25, -0.2) is 9.59 Å². The second-order valence-corrected chi connectivity index (χ2v) is 12.4. The number of carbonyl (C=O) groups is 5. The highest BCUT2D eigenvalue weighted by Crippen LogP contribution is 2.26. The van der Waals surface area contributed by atoms with Crippen molar-refractivity contribution in [2.75, 3.05) is 6.54 Å². The molecule has 4 amide bonds. The third kappa shape index (κ3) is 11.6. The highest BCUT2D eigenvalue weighted by atomic mass is 16.6. The first kappa shape index (κ1) is 36.3. The van der Waals surface area contributed by atoms with Gasteiger partial charge >= 0.3 is 12.1 Å². The fraction of sp³-hybridized carbons (Fsp3) is 0.441. The lowest BCUT2D eigenvalue weighted by molar-refractivity contribution is -0.159. The van der Waals surface area contributed by atoms with Crippen LogP contribution in [0.3, 0.4) is 0 Å². The second-order valence-electron chi connectivity index (χ2n) is 12.4. The number of amides is 4. The van der Waals surface area contributed by atoms with Crippen LogP contribution in [0.4, 0.5) is 4.79 Å². The Kier molecular flexibility index (Phi) is 12.7. The molecule has 2 rings (SSSR count). The van der Waals surface area contributed by atoms with Gasteiger partial charge < -0.3 is 30.7 Å². The molecule has 242 valence electrons. The number of esters is 1. The zero-order valence-electron chi connectivity index (χ0n) is 27.0. The lowest BCUT2D eigenvalue weighted by Crippen LogP contribution is -2.55. The maximum absolute atomic E-state index is 14.3. The van der Waals surface area contributed by atoms with E-state index in [9.17, 15) is 24.0 Å². The highest BCUT2D eigenvalue weighted by Gasteiger charge is 2.39. The summed E-state index contributed by atoms with van der Waals surface area (Å²) in [6, 6.07) is 11.7. The number of carbonyl (C=O) groups excluding carboxylic acids is 5. The molecule has 0 saturated carbocycles. The minimum atomic E-state index is -1.46. The lowest BCUT2D eigenvalue weighted by atomic mass is 9.96. The van der Waals surface area contributed by atoms with Crippen LogP contribution < -0.4 is 16.4 Å². The van der Waals surface area contributed by atoms with Gasteiger partial charge in [0.1, 0.15) is 29.3 Å². The fourth-order valence-electron chi connectivity index (χ4n) is 4.50. The molecule has 0 aliphatic rings. The van der Waals surface area contributed by atoms with Crippen molar-refractivity contribution in [2.45, 2.75) is 90.6 Å². The molecule has 2 aromatic carbocycles. The Balaban J connectivity index is 2.60. The Labute approximate surface area is 265 Å². The topological polar surface area (TPSA) is 157 Å². The maximum atomic E-state index is 14.3. The molecule has 0 aliphatic carbocycles. The van der Waals surface area contributed by atoms with E-state index in [4.69, 9.17) is 21.6 Å². The molecule has 4 N–H and O–H groups in total. The Morgan fingerprint density at radius 2 is 1.44 bits per heavy atom. The molecule has 0 heterocycles. The number of rotatable bonds is 12. The predicted molar refractivity (Wildman–Crippen MR) is 169 cm³/mol. The molecular weight excluding hydrogens is 576 g/mol. The van der Waals surface area contributed by atoms with E-state index in [1.54, 1.807) is 72.7 Å². The van der Waals surface area contributed by atoms with E-state index in [2.05, 4.69) is 16.6 Å². The Hall–Kier alpha value is -4.85. The van der Waals surface area contributed by atoms with Gasteiger partial charge in [-0.2, -0.15) is 0 Å². The number of benzene rings is 2. The van der Waals surface area contributed by atoms with Gasteiger partial charge in [0.05, 0.1) is 6.42 Å². The molecule has 11 nitrogen and oxygen atoms in total. The number of alkyl carbamates (subject to hydrolysis) is 1. The van der Waals surface area contributed by atoms with Gasteiger partial charge in [-0.15, -0.1) is 6.42 Å². The number of primary amides is 1. The van der Waals surface area contributed by atoms with Crippen LogP contribution in [-0.4, -0.2) is 64.5 Å². The van der Waals surface area contributed by atoms with Gasteiger partial charge in [-0.05, 0) is 65.7 Å². The Morgan fingerprint density at radius 1 is 0.867 bits per heavy atom. The van der Waals surface area contributed by atoms with Gasteiger partial charge in [-0.3, -0.25) is 14.4 Å². The molecule has 3 unspecified atom stereocenters. The van der Waals surface area contributed by atoms with E-state index >= 15 is 0 Å². The third-order valence-corrected chi connectivity index (χ3v) is 6.28. The van der Waals surface area contributed by atoms with Crippen molar-refractivity contribution in [1.82, 2.24) is 15.5 Å². The van der Waals surface area contributed by atoms with Gasteiger partial charge in [0, 0.05) is 18.5 Å². The number of likely N-dealkylation sites (N-methyl/N-ethyl adjacent to an activating group) is 1.